The maximum Gasteiger partial charge on any atom is 0.228 e. The van der Waals surface area contributed by atoms with Crippen LogP contribution in [0.4, 0.5) is 0 Å². The summed E-state index contributed by atoms with van der Waals surface area (Å²) in [6.07, 6.45) is 3.76. The number of hydrogen-bond donors (Lipinski definition) is 1. The fraction of sp³-hybridized carbons (Fsp3) is 0.652. The Kier molecular flexibility index (Phi) is 4.55. The van der Waals surface area contributed by atoms with E-state index in [4.69, 9.17) is 9.73 Å². The van der Waals surface area contributed by atoms with E-state index in [-0.39, 0.29) is 24.0 Å². The third-order valence-corrected chi connectivity index (χ3v) is 7.58. The monoisotopic (exact) mass is 381 g/mol. The molecule has 5 nitrogen and oxygen atoms in total. The van der Waals surface area contributed by atoms with Gasteiger partial charge in [0.25, 0.3) is 0 Å². The molecule has 1 aliphatic carbocycles. The Morgan fingerprint density at radius 2 is 1.96 bits per heavy atom. The number of carbonyl (C=O) groups excluding carboxylic acids is 1. The molecule has 4 aliphatic rings. The highest BCUT2D eigenvalue weighted by Crippen LogP contribution is 2.53. The summed E-state index contributed by atoms with van der Waals surface area (Å²) in [4.78, 5) is 20.5. The van der Waals surface area contributed by atoms with Gasteiger partial charge < -0.3 is 15.0 Å². The van der Waals surface area contributed by atoms with E-state index in [9.17, 15) is 4.79 Å². The minimum Gasteiger partial charge on any atom is -0.325 e. The van der Waals surface area contributed by atoms with Gasteiger partial charge in [-0.1, -0.05) is 37.3 Å². The Labute approximate surface area is 167 Å². The molecule has 3 heterocycles. The largest absolute Gasteiger partial charge is 0.325 e. The van der Waals surface area contributed by atoms with E-state index in [0.29, 0.717) is 18.4 Å². The van der Waals surface area contributed by atoms with Crippen molar-refractivity contribution in [3.8, 4) is 0 Å². The highest BCUT2D eigenvalue weighted by molar-refractivity contribution is 6.01. The van der Waals surface area contributed by atoms with Crippen LogP contribution in [0.25, 0.3) is 0 Å². The fourth-order valence-electron chi connectivity index (χ4n) is 5.97. The molecule has 5 heteroatoms. The molecule has 5 atom stereocenters. The Hall–Kier alpha value is -1.72. The van der Waals surface area contributed by atoms with Gasteiger partial charge in [0.2, 0.25) is 5.91 Å². The lowest BCUT2D eigenvalue weighted by Gasteiger charge is -2.37. The first-order valence-corrected chi connectivity index (χ1v) is 11.0. The van der Waals surface area contributed by atoms with E-state index in [0.717, 1.165) is 44.5 Å². The van der Waals surface area contributed by atoms with Crippen molar-refractivity contribution < 1.29 is 9.53 Å². The van der Waals surface area contributed by atoms with Crippen molar-refractivity contribution >= 4 is 11.6 Å². The van der Waals surface area contributed by atoms with Crippen molar-refractivity contribution in [2.75, 3.05) is 19.6 Å². The number of nitrogens with zero attached hydrogens (tertiary/aromatic N) is 2. The molecule has 1 aromatic carbocycles. The van der Waals surface area contributed by atoms with Crippen LogP contribution in [0.1, 0.15) is 51.0 Å². The van der Waals surface area contributed by atoms with E-state index in [1.54, 1.807) is 0 Å². The van der Waals surface area contributed by atoms with Gasteiger partial charge in [-0.05, 0) is 56.7 Å². The summed E-state index contributed by atoms with van der Waals surface area (Å²) in [5, 5.41) is 3.44. The Morgan fingerprint density at radius 1 is 1.21 bits per heavy atom. The van der Waals surface area contributed by atoms with E-state index >= 15 is 0 Å². The van der Waals surface area contributed by atoms with Gasteiger partial charge in [-0.15, -0.1) is 0 Å². The van der Waals surface area contributed by atoms with Crippen LogP contribution >= 0.6 is 0 Å². The third-order valence-electron chi connectivity index (χ3n) is 7.58. The molecule has 1 spiro atoms. The van der Waals surface area contributed by atoms with Crippen molar-refractivity contribution in [2.45, 2.75) is 57.4 Å². The molecule has 1 amide bonds. The van der Waals surface area contributed by atoms with Crippen LogP contribution in [0, 0.1) is 17.8 Å². The quantitative estimate of drug-likeness (QED) is 0.875. The molecular weight excluding hydrogens is 350 g/mol. The molecule has 1 N–H and O–H groups in total. The number of likely N-dealkylation sites (tertiary alicyclic amines) is 1. The van der Waals surface area contributed by atoms with Crippen LogP contribution in [0.15, 0.2) is 35.3 Å². The Balaban J connectivity index is 1.54. The zero-order chi connectivity index (χ0) is 19.3. The number of carbonyl (C=O) groups is 1. The second kappa shape index (κ2) is 6.96. The molecule has 5 rings (SSSR count). The summed E-state index contributed by atoms with van der Waals surface area (Å²) < 4.78 is 6.74. The smallest absolute Gasteiger partial charge is 0.228 e. The number of hydrogen-bond acceptors (Lipinski definition) is 4. The van der Waals surface area contributed by atoms with E-state index in [1.807, 2.05) is 4.90 Å². The average Bonchev–Trinajstić information content (AvgIpc) is 3.20. The van der Waals surface area contributed by atoms with Gasteiger partial charge in [-0.3, -0.25) is 9.79 Å². The molecule has 2 saturated heterocycles. The van der Waals surface area contributed by atoms with Gasteiger partial charge in [0, 0.05) is 24.8 Å². The highest BCUT2D eigenvalue weighted by Gasteiger charge is 2.62. The van der Waals surface area contributed by atoms with E-state index in [2.05, 4.69) is 49.5 Å². The zero-order valence-corrected chi connectivity index (χ0v) is 16.9. The lowest BCUT2D eigenvalue weighted by Crippen LogP contribution is -2.53. The van der Waals surface area contributed by atoms with Crippen LogP contribution in [-0.2, 0) is 9.53 Å². The SMILES string of the molecule is CCN1C(=O)[C@H]2C[C@@]13O[C@H](C1CCNCC1)N=C3C[C@H](c1ccccc1)[C@H]2C. The first-order valence-electron chi connectivity index (χ1n) is 11.0. The van der Waals surface area contributed by atoms with Gasteiger partial charge in [-0.25, -0.2) is 0 Å². The summed E-state index contributed by atoms with van der Waals surface area (Å²) in [5.41, 5.74) is 1.85. The van der Waals surface area contributed by atoms with Gasteiger partial charge in [0.15, 0.2) is 12.0 Å². The van der Waals surface area contributed by atoms with Crippen molar-refractivity contribution in [3.63, 3.8) is 0 Å². The molecule has 3 fully saturated rings. The number of amides is 1. The predicted molar refractivity (Wildman–Crippen MR) is 109 cm³/mol. The fourth-order valence-corrected chi connectivity index (χ4v) is 5.97. The van der Waals surface area contributed by atoms with Crippen molar-refractivity contribution in [2.24, 2.45) is 22.7 Å². The predicted octanol–water partition coefficient (Wildman–Crippen LogP) is 3.17. The van der Waals surface area contributed by atoms with Crippen molar-refractivity contribution in [1.29, 1.82) is 0 Å². The summed E-state index contributed by atoms with van der Waals surface area (Å²) in [6, 6.07) is 10.7. The molecule has 2 bridgehead atoms. The second-order valence-corrected chi connectivity index (χ2v) is 8.93. The lowest BCUT2D eigenvalue weighted by molar-refractivity contribution is -0.152. The van der Waals surface area contributed by atoms with Crippen LogP contribution in [0.3, 0.4) is 0 Å². The standard InChI is InChI=1S/C23H31N3O2/c1-3-26-22(27)19-14-23(26)20(25-21(28-23)17-9-11-24-12-10-17)13-18(15(19)2)16-7-5-4-6-8-16/h4-8,15,17-19,21,24H,3,9-14H2,1-2H3/t15-,18+,19+,21-,23+/m1/s1. The Bertz CT molecular complexity index is 773. The van der Waals surface area contributed by atoms with Gasteiger partial charge in [0.05, 0.1) is 5.71 Å². The summed E-state index contributed by atoms with van der Waals surface area (Å²) in [5.74, 6) is 1.34. The van der Waals surface area contributed by atoms with Crippen LogP contribution in [-0.4, -0.2) is 48.1 Å². The maximum absolute atomic E-state index is 13.4. The second-order valence-electron chi connectivity index (χ2n) is 8.93. The van der Waals surface area contributed by atoms with E-state index < -0.39 is 5.72 Å². The maximum atomic E-state index is 13.4. The van der Waals surface area contributed by atoms with Crippen LogP contribution < -0.4 is 5.32 Å². The number of piperidine rings is 1. The molecular formula is C23H31N3O2. The topological polar surface area (TPSA) is 53.9 Å². The Morgan fingerprint density at radius 3 is 2.68 bits per heavy atom. The molecule has 1 saturated carbocycles. The molecule has 3 aliphatic heterocycles. The molecule has 28 heavy (non-hydrogen) atoms. The number of fused-ring (bicyclic) bond motifs is 1. The highest BCUT2D eigenvalue weighted by atomic mass is 16.6. The third kappa shape index (κ3) is 2.66. The van der Waals surface area contributed by atoms with Gasteiger partial charge in [-0.2, -0.15) is 0 Å². The molecule has 0 unspecified atom stereocenters. The number of nitrogens with one attached hydrogen (secondary N) is 1. The lowest BCUT2D eigenvalue weighted by atomic mass is 9.78. The first kappa shape index (κ1) is 18.3. The summed E-state index contributed by atoms with van der Waals surface area (Å²) in [7, 11) is 0. The summed E-state index contributed by atoms with van der Waals surface area (Å²) >= 11 is 0. The number of ether oxygens (including phenoxy) is 1. The van der Waals surface area contributed by atoms with Crippen LogP contribution in [0.5, 0.6) is 0 Å². The zero-order valence-electron chi connectivity index (χ0n) is 16.9. The van der Waals surface area contributed by atoms with E-state index in [1.165, 1.54) is 5.56 Å². The minimum atomic E-state index is -0.593. The summed E-state index contributed by atoms with van der Waals surface area (Å²) in [6.45, 7) is 7.08. The van der Waals surface area contributed by atoms with Crippen molar-refractivity contribution in [1.82, 2.24) is 10.2 Å². The molecule has 0 radical (unpaired) electrons. The van der Waals surface area contributed by atoms with Gasteiger partial charge >= 0.3 is 0 Å². The number of aliphatic imine (C=N–C) groups is 1. The molecule has 150 valence electrons. The number of benzene rings is 1. The van der Waals surface area contributed by atoms with Crippen molar-refractivity contribution in [3.05, 3.63) is 35.9 Å². The van der Waals surface area contributed by atoms with Crippen LogP contribution in [0.2, 0.25) is 0 Å². The molecule has 0 aromatic heterocycles. The minimum absolute atomic E-state index is 0.0182. The average molecular weight is 382 g/mol. The molecule has 1 aromatic rings. The first-order chi connectivity index (χ1) is 13.6. The number of rotatable bonds is 3. The van der Waals surface area contributed by atoms with Gasteiger partial charge in [0.1, 0.15) is 0 Å². The normalized spacial score (nSPS) is 38.3.